The summed E-state index contributed by atoms with van der Waals surface area (Å²) in [4.78, 5) is 12.0. The number of hydrogen-bond acceptors (Lipinski definition) is 5. The summed E-state index contributed by atoms with van der Waals surface area (Å²) in [5.74, 6) is -0.200. The molecule has 40 heavy (non-hydrogen) atoms. The average Bonchev–Trinajstić information content (AvgIpc) is 2.84. The summed E-state index contributed by atoms with van der Waals surface area (Å²) >= 11 is 0. The van der Waals surface area contributed by atoms with E-state index in [-0.39, 0.29) is 28.3 Å². The Morgan fingerprint density at radius 1 is 0.900 bits per heavy atom. The molecule has 7 heteroatoms. The Morgan fingerprint density at radius 2 is 1.48 bits per heavy atom. The van der Waals surface area contributed by atoms with Gasteiger partial charge in [0.25, 0.3) is 0 Å². The number of benzene rings is 1. The van der Waals surface area contributed by atoms with Gasteiger partial charge in [-0.3, -0.25) is 4.79 Å². The average molecular weight is 593 g/mol. The number of carbonyl (C=O) groups excluding carboxylic acids is 1. The minimum Gasteiger partial charge on any atom is -0.469 e. The van der Waals surface area contributed by atoms with Crippen molar-refractivity contribution in [2.45, 2.75) is 148 Å². The summed E-state index contributed by atoms with van der Waals surface area (Å²) in [6.45, 7) is 24.8. The monoisotopic (exact) mass is 592 g/mol. The first-order valence-electron chi connectivity index (χ1n) is 15.2. The predicted molar refractivity (Wildman–Crippen MR) is 175 cm³/mol. The fourth-order valence-corrected chi connectivity index (χ4v) is 6.69. The van der Waals surface area contributed by atoms with Crippen molar-refractivity contribution in [1.29, 1.82) is 0 Å². The zero-order chi connectivity index (χ0) is 30.8. The minimum atomic E-state index is -2.17. The van der Waals surface area contributed by atoms with Crippen molar-refractivity contribution < 1.29 is 23.5 Å². The molecule has 0 radical (unpaired) electrons. The first kappa shape index (κ1) is 36.8. The molecule has 1 aromatic carbocycles. The fraction of sp³-hybridized carbons (Fsp3) is 0.727. The van der Waals surface area contributed by atoms with Gasteiger partial charge in [-0.1, -0.05) is 104 Å². The zero-order valence-corrected chi connectivity index (χ0v) is 29.7. The molecule has 230 valence electrons. The van der Waals surface area contributed by atoms with Gasteiger partial charge in [0, 0.05) is 6.42 Å². The van der Waals surface area contributed by atoms with Crippen molar-refractivity contribution in [2.24, 2.45) is 0 Å². The Bertz CT molecular complexity index is 928. The normalized spacial score (nSPS) is 15.7. The van der Waals surface area contributed by atoms with Crippen molar-refractivity contribution in [1.82, 2.24) is 0 Å². The maximum absolute atomic E-state index is 12.0. The number of hydrogen-bond donors (Lipinski definition) is 1. The van der Waals surface area contributed by atoms with E-state index in [9.17, 15) is 9.90 Å². The van der Waals surface area contributed by atoms with Gasteiger partial charge < -0.3 is 18.7 Å². The molecule has 1 aromatic rings. The van der Waals surface area contributed by atoms with E-state index in [1.807, 2.05) is 18.2 Å². The third-order valence-electron chi connectivity index (χ3n) is 8.85. The molecule has 0 aliphatic rings. The molecule has 0 aliphatic carbocycles. The van der Waals surface area contributed by atoms with Gasteiger partial charge in [0.1, 0.15) is 0 Å². The van der Waals surface area contributed by atoms with Gasteiger partial charge in [-0.05, 0) is 66.7 Å². The lowest BCUT2D eigenvalue weighted by Crippen LogP contribution is -2.51. The van der Waals surface area contributed by atoms with E-state index < -0.39 is 22.7 Å². The molecule has 1 rings (SSSR count). The lowest BCUT2D eigenvalue weighted by Gasteiger charge is -2.44. The maximum Gasteiger partial charge on any atom is 0.305 e. The van der Waals surface area contributed by atoms with Crippen LogP contribution in [0.25, 0.3) is 6.08 Å². The Labute approximate surface area is 248 Å². The summed E-state index contributed by atoms with van der Waals surface area (Å²) < 4.78 is 19.0. The zero-order valence-electron chi connectivity index (χ0n) is 27.7. The van der Waals surface area contributed by atoms with Gasteiger partial charge >= 0.3 is 5.97 Å². The van der Waals surface area contributed by atoms with Crippen molar-refractivity contribution in [2.75, 3.05) is 7.11 Å². The summed E-state index contributed by atoms with van der Waals surface area (Å²) in [7, 11) is -2.88. The highest BCUT2D eigenvalue weighted by Crippen LogP contribution is 2.41. The van der Waals surface area contributed by atoms with E-state index in [1.165, 1.54) is 7.11 Å². The van der Waals surface area contributed by atoms with Crippen LogP contribution in [0.4, 0.5) is 0 Å². The number of aliphatic hydroxyl groups excluding tert-OH is 1. The second-order valence-electron chi connectivity index (χ2n) is 14.2. The van der Waals surface area contributed by atoms with Gasteiger partial charge in [-0.2, -0.15) is 0 Å². The molecular weight excluding hydrogens is 533 g/mol. The van der Waals surface area contributed by atoms with Gasteiger partial charge in [0.2, 0.25) is 0 Å². The van der Waals surface area contributed by atoms with E-state index >= 15 is 0 Å². The number of unbranched alkanes of at least 4 members (excludes halogenated alkanes) is 2. The summed E-state index contributed by atoms with van der Waals surface area (Å²) in [5.41, 5.74) is 1.96. The third kappa shape index (κ3) is 11.6. The SMILES string of the molecule is CCCCC[C@@H](O)c1ccccc1/C=C/[C@@H](O[Si](C)(C)C(C)(C)C)[C@H](CCCC(=O)OC)O[Si](C)(C)C(C)(C)C. The van der Waals surface area contributed by atoms with Crippen LogP contribution < -0.4 is 0 Å². The van der Waals surface area contributed by atoms with Crippen LogP contribution in [-0.4, -0.2) is 47.0 Å². The van der Waals surface area contributed by atoms with Crippen LogP contribution in [-0.2, 0) is 18.4 Å². The number of methoxy groups -OCH3 is 1. The number of ether oxygens (including phenoxy) is 1. The quantitative estimate of drug-likeness (QED) is 0.118. The van der Waals surface area contributed by atoms with Crippen LogP contribution in [0.3, 0.4) is 0 Å². The lowest BCUT2D eigenvalue weighted by atomic mass is 9.97. The molecule has 0 amide bonds. The number of carbonyl (C=O) groups is 1. The standard InChI is InChI=1S/C33H60O5Si2/c1-13-14-15-21-28(34)27-20-17-16-19-26(27)24-25-30(38-40(11,12)33(5,6)7)29(22-18-23-31(35)36-8)37-39(9,10)32(2,3)4/h16-17,19-20,24-25,28-30,34H,13-15,18,21-23H2,1-12H3/b25-24+/t28-,29+,30-/m1/s1. The van der Waals surface area contributed by atoms with Crippen molar-refractivity contribution in [3.05, 3.63) is 41.5 Å². The molecule has 0 spiro atoms. The van der Waals surface area contributed by atoms with E-state index in [0.717, 1.165) is 36.8 Å². The molecule has 0 unspecified atom stereocenters. The van der Waals surface area contributed by atoms with E-state index in [1.54, 1.807) is 0 Å². The highest BCUT2D eigenvalue weighted by molar-refractivity contribution is 6.74. The van der Waals surface area contributed by atoms with E-state index in [4.69, 9.17) is 13.6 Å². The molecular formula is C33H60O5Si2. The summed E-state index contributed by atoms with van der Waals surface area (Å²) in [6.07, 6.45) is 9.03. The van der Waals surface area contributed by atoms with Crippen LogP contribution in [0.1, 0.15) is 111 Å². The molecule has 0 saturated heterocycles. The van der Waals surface area contributed by atoms with Gasteiger partial charge in [0.05, 0.1) is 25.4 Å². The molecule has 5 nitrogen and oxygen atoms in total. The summed E-state index contributed by atoms with van der Waals surface area (Å²) in [5, 5.41) is 11.1. The highest BCUT2D eigenvalue weighted by Gasteiger charge is 2.44. The fourth-order valence-electron chi connectivity index (χ4n) is 4.06. The van der Waals surface area contributed by atoms with Crippen molar-refractivity contribution in [3.8, 4) is 0 Å². The largest absolute Gasteiger partial charge is 0.469 e. The van der Waals surface area contributed by atoms with Crippen molar-refractivity contribution in [3.63, 3.8) is 0 Å². The molecule has 0 fully saturated rings. The van der Waals surface area contributed by atoms with E-state index in [0.29, 0.717) is 19.3 Å². The second-order valence-corrected chi connectivity index (χ2v) is 23.7. The molecule has 0 bridgehead atoms. The Kier molecular flexibility index (Phi) is 14.5. The topological polar surface area (TPSA) is 65.0 Å². The van der Waals surface area contributed by atoms with Gasteiger partial charge in [0.15, 0.2) is 16.6 Å². The molecule has 0 saturated carbocycles. The third-order valence-corrected chi connectivity index (χ3v) is 17.8. The number of rotatable bonds is 16. The predicted octanol–water partition coefficient (Wildman–Crippen LogP) is 9.44. The van der Waals surface area contributed by atoms with Gasteiger partial charge in [-0.25, -0.2) is 0 Å². The molecule has 0 aliphatic heterocycles. The van der Waals surface area contributed by atoms with E-state index in [2.05, 4.69) is 92.9 Å². The van der Waals surface area contributed by atoms with Gasteiger partial charge in [-0.15, -0.1) is 0 Å². The number of esters is 1. The Hall–Kier alpha value is -1.26. The van der Waals surface area contributed by atoms with Crippen LogP contribution >= 0.6 is 0 Å². The second kappa shape index (κ2) is 15.8. The molecule has 1 N–H and O–H groups in total. The first-order valence-corrected chi connectivity index (χ1v) is 21.1. The summed E-state index contributed by atoms with van der Waals surface area (Å²) in [6, 6.07) is 8.11. The molecule has 3 atom stereocenters. The molecule has 0 aromatic heterocycles. The number of aliphatic hydroxyl groups is 1. The van der Waals surface area contributed by atoms with Crippen LogP contribution in [0.15, 0.2) is 30.3 Å². The van der Waals surface area contributed by atoms with Crippen LogP contribution in [0.2, 0.25) is 36.3 Å². The van der Waals surface area contributed by atoms with Crippen LogP contribution in [0, 0.1) is 0 Å². The first-order chi connectivity index (χ1) is 18.4. The van der Waals surface area contributed by atoms with Crippen molar-refractivity contribution >= 4 is 28.7 Å². The highest BCUT2D eigenvalue weighted by atomic mass is 28.4. The van der Waals surface area contributed by atoms with Crippen LogP contribution in [0.5, 0.6) is 0 Å². The Morgan fingerprint density at radius 3 is 2.02 bits per heavy atom. The minimum absolute atomic E-state index is 0.0278. The smallest absolute Gasteiger partial charge is 0.305 e. The lowest BCUT2D eigenvalue weighted by molar-refractivity contribution is -0.140. The Balaban J connectivity index is 3.51. The molecule has 0 heterocycles. The maximum atomic E-state index is 12.0.